The lowest BCUT2D eigenvalue weighted by atomic mass is 10.2. The van der Waals surface area contributed by atoms with Crippen molar-refractivity contribution in [2.75, 3.05) is 0 Å². The highest BCUT2D eigenvalue weighted by atomic mass is 32.2. The number of rotatable bonds is 5. The van der Waals surface area contributed by atoms with Crippen molar-refractivity contribution in [3.8, 4) is 17.1 Å². The zero-order chi connectivity index (χ0) is 22.1. The molecule has 0 N–H and O–H groups in total. The van der Waals surface area contributed by atoms with Crippen LogP contribution in [0.15, 0.2) is 53.9 Å². The fourth-order valence-corrected chi connectivity index (χ4v) is 3.93. The summed E-state index contributed by atoms with van der Waals surface area (Å²) in [6.45, 7) is 1.86. The number of hydrogen-bond donors (Lipinski definition) is 0. The summed E-state index contributed by atoms with van der Waals surface area (Å²) in [4.78, 5) is 4.07. The Morgan fingerprint density at radius 2 is 1.52 bits per heavy atom. The van der Waals surface area contributed by atoms with E-state index in [2.05, 4.69) is 15.2 Å². The summed E-state index contributed by atoms with van der Waals surface area (Å²) < 4.78 is 70.2. The highest BCUT2D eigenvalue weighted by molar-refractivity contribution is 7.98. The average molecular weight is 448 g/mol. The van der Waals surface area contributed by atoms with Crippen LogP contribution in [0.25, 0.3) is 17.1 Å². The number of benzene rings is 2. The molecule has 10 heteroatoms. The maximum absolute atomic E-state index is 14.1. The lowest BCUT2D eigenvalue weighted by Gasteiger charge is -2.13. The van der Waals surface area contributed by atoms with Gasteiger partial charge in [0.1, 0.15) is 0 Å². The van der Waals surface area contributed by atoms with Gasteiger partial charge in [-0.15, -0.1) is 10.2 Å². The third-order valence-electron chi connectivity index (χ3n) is 4.56. The molecule has 0 saturated heterocycles. The van der Waals surface area contributed by atoms with Crippen LogP contribution >= 0.6 is 11.8 Å². The van der Waals surface area contributed by atoms with Crippen molar-refractivity contribution >= 4 is 11.8 Å². The molecule has 0 aliphatic rings. The molecule has 4 aromatic rings. The summed E-state index contributed by atoms with van der Waals surface area (Å²) in [5, 5.41) is 8.47. The lowest BCUT2D eigenvalue weighted by Crippen LogP contribution is -2.07. The van der Waals surface area contributed by atoms with Crippen LogP contribution in [0.1, 0.15) is 11.1 Å². The molecule has 0 amide bonds. The summed E-state index contributed by atoms with van der Waals surface area (Å²) in [5.41, 5.74) is 1.28. The second-order valence-electron chi connectivity index (χ2n) is 6.51. The number of hydrogen-bond acceptors (Lipinski definition) is 4. The fourth-order valence-electron chi connectivity index (χ4n) is 2.99. The van der Waals surface area contributed by atoms with Gasteiger partial charge in [-0.3, -0.25) is 9.55 Å². The summed E-state index contributed by atoms with van der Waals surface area (Å²) in [5.74, 6) is -10.00. The lowest BCUT2D eigenvalue weighted by molar-refractivity contribution is 0.372. The molecule has 0 fully saturated rings. The molecular weight excluding hydrogens is 435 g/mol. The highest BCUT2D eigenvalue weighted by Gasteiger charge is 2.26. The maximum Gasteiger partial charge on any atom is 0.200 e. The first-order valence-electron chi connectivity index (χ1n) is 8.95. The third kappa shape index (κ3) is 3.78. The van der Waals surface area contributed by atoms with Crippen molar-refractivity contribution in [2.24, 2.45) is 0 Å². The van der Waals surface area contributed by atoms with Crippen molar-refractivity contribution in [1.82, 2.24) is 19.7 Å². The number of halogens is 5. The van der Waals surface area contributed by atoms with E-state index in [0.717, 1.165) is 17.3 Å². The van der Waals surface area contributed by atoms with Gasteiger partial charge in [-0.05, 0) is 30.7 Å². The Bertz CT molecular complexity index is 1230. The second kappa shape index (κ2) is 8.46. The number of nitrogens with zero attached hydrogens (tertiary/aromatic N) is 4. The van der Waals surface area contributed by atoms with Crippen LogP contribution in [-0.4, -0.2) is 19.7 Å². The predicted molar refractivity (Wildman–Crippen MR) is 105 cm³/mol. The van der Waals surface area contributed by atoms with E-state index >= 15 is 0 Å². The van der Waals surface area contributed by atoms with E-state index < -0.39 is 40.4 Å². The minimum absolute atomic E-state index is 0.220. The number of pyridine rings is 1. The zero-order valence-corrected chi connectivity index (χ0v) is 16.7. The summed E-state index contributed by atoms with van der Waals surface area (Å²) in [6, 6.07) is 10.8. The number of aromatic nitrogens is 4. The standard InChI is InChI=1S/C21H13F5N4S/c1-11-5-2-3-7-14(11)30-20(12-6-4-8-27-9-12)28-29-21(30)31-10-13-15(22)17(24)19(26)18(25)16(13)23/h2-9H,10H2,1H3. The third-order valence-corrected chi connectivity index (χ3v) is 5.51. The van der Waals surface area contributed by atoms with Crippen molar-refractivity contribution in [3.05, 3.63) is 89.0 Å². The Morgan fingerprint density at radius 3 is 2.16 bits per heavy atom. The van der Waals surface area contributed by atoms with E-state index in [1.165, 1.54) is 0 Å². The summed E-state index contributed by atoms with van der Waals surface area (Å²) >= 11 is 0.804. The molecule has 0 radical (unpaired) electrons. The number of thioether (sulfide) groups is 1. The molecule has 0 spiro atoms. The van der Waals surface area contributed by atoms with Crippen molar-refractivity contribution in [3.63, 3.8) is 0 Å². The highest BCUT2D eigenvalue weighted by Crippen LogP contribution is 2.33. The molecule has 0 aliphatic heterocycles. The van der Waals surface area contributed by atoms with E-state index in [9.17, 15) is 22.0 Å². The van der Waals surface area contributed by atoms with Gasteiger partial charge in [0.2, 0.25) is 5.82 Å². The minimum Gasteiger partial charge on any atom is -0.270 e. The van der Waals surface area contributed by atoms with E-state index in [1.54, 1.807) is 41.2 Å². The molecule has 0 saturated carbocycles. The Hall–Kier alpha value is -3.27. The van der Waals surface area contributed by atoms with Crippen molar-refractivity contribution in [1.29, 1.82) is 0 Å². The van der Waals surface area contributed by atoms with Gasteiger partial charge in [0.25, 0.3) is 0 Å². The summed E-state index contributed by atoms with van der Waals surface area (Å²) in [7, 11) is 0. The Balaban J connectivity index is 1.79. The molecule has 0 bridgehead atoms. The SMILES string of the molecule is Cc1ccccc1-n1c(SCc2c(F)c(F)c(F)c(F)c2F)nnc1-c1cccnc1. The molecule has 0 unspecified atom stereocenters. The van der Waals surface area contributed by atoms with Gasteiger partial charge < -0.3 is 0 Å². The molecule has 0 aliphatic carbocycles. The largest absolute Gasteiger partial charge is 0.270 e. The average Bonchev–Trinajstić information content (AvgIpc) is 3.21. The first-order valence-corrected chi connectivity index (χ1v) is 9.93. The first-order chi connectivity index (χ1) is 14.9. The smallest absolute Gasteiger partial charge is 0.200 e. The van der Waals surface area contributed by atoms with Crippen LogP contribution in [0.4, 0.5) is 22.0 Å². The second-order valence-corrected chi connectivity index (χ2v) is 7.45. The first kappa shape index (κ1) is 21.0. The van der Waals surface area contributed by atoms with Gasteiger partial charge in [-0.1, -0.05) is 30.0 Å². The maximum atomic E-state index is 14.1. The van der Waals surface area contributed by atoms with Gasteiger partial charge >= 0.3 is 0 Å². The van der Waals surface area contributed by atoms with E-state index in [4.69, 9.17) is 0 Å². The molecule has 158 valence electrons. The predicted octanol–water partition coefficient (Wildman–Crippen LogP) is 5.63. The molecule has 31 heavy (non-hydrogen) atoms. The van der Waals surface area contributed by atoms with Gasteiger partial charge in [0, 0.05) is 29.3 Å². The van der Waals surface area contributed by atoms with Crippen LogP contribution in [0, 0.1) is 36.0 Å². The van der Waals surface area contributed by atoms with Crippen LogP contribution in [0.5, 0.6) is 0 Å². The number of para-hydroxylation sites is 1. The Labute approximate surface area is 177 Å². The molecule has 4 rings (SSSR count). The zero-order valence-electron chi connectivity index (χ0n) is 15.9. The van der Waals surface area contributed by atoms with Crippen molar-refractivity contribution in [2.45, 2.75) is 17.8 Å². The Kier molecular flexibility index (Phi) is 5.73. The molecule has 4 nitrogen and oxygen atoms in total. The van der Waals surface area contributed by atoms with Gasteiger partial charge in [-0.2, -0.15) is 0 Å². The molecule has 2 aromatic heterocycles. The van der Waals surface area contributed by atoms with E-state index in [-0.39, 0.29) is 5.16 Å². The molecule has 2 heterocycles. The van der Waals surface area contributed by atoms with E-state index in [1.807, 2.05) is 19.1 Å². The monoisotopic (exact) mass is 448 g/mol. The molecule has 2 aromatic carbocycles. The molecule has 0 atom stereocenters. The van der Waals surface area contributed by atoms with E-state index in [0.29, 0.717) is 17.1 Å². The van der Waals surface area contributed by atoms with Gasteiger partial charge in [-0.25, -0.2) is 22.0 Å². The van der Waals surface area contributed by atoms with Crippen LogP contribution in [0.3, 0.4) is 0 Å². The van der Waals surface area contributed by atoms with Crippen LogP contribution < -0.4 is 0 Å². The fraction of sp³-hybridized carbons (Fsp3) is 0.0952. The van der Waals surface area contributed by atoms with Gasteiger partial charge in [0.15, 0.2) is 34.2 Å². The normalized spacial score (nSPS) is 11.2. The minimum atomic E-state index is -2.19. The van der Waals surface area contributed by atoms with Crippen LogP contribution in [-0.2, 0) is 5.75 Å². The number of aryl methyl sites for hydroxylation is 1. The molecular formula is C21H13F5N4S. The quantitative estimate of drug-likeness (QED) is 0.172. The summed E-state index contributed by atoms with van der Waals surface area (Å²) in [6.07, 6.45) is 3.17. The van der Waals surface area contributed by atoms with Crippen molar-refractivity contribution < 1.29 is 22.0 Å². The Morgan fingerprint density at radius 1 is 0.839 bits per heavy atom. The van der Waals surface area contributed by atoms with Crippen LogP contribution in [0.2, 0.25) is 0 Å². The van der Waals surface area contributed by atoms with Gasteiger partial charge in [0.05, 0.1) is 5.69 Å². The topological polar surface area (TPSA) is 43.6 Å².